The molecule has 0 radical (unpaired) electrons. The monoisotopic (exact) mass is 425 g/mol. The lowest BCUT2D eigenvalue weighted by Crippen LogP contribution is -2.55. The number of ether oxygens (including phenoxy) is 1. The number of para-hydroxylation sites is 1. The fourth-order valence-corrected chi connectivity index (χ4v) is 2.98. The maximum Gasteiger partial charge on any atom is 0.276 e. The summed E-state index contributed by atoms with van der Waals surface area (Å²) in [5.41, 5.74) is 6.56. The van der Waals surface area contributed by atoms with Gasteiger partial charge in [0.1, 0.15) is 11.8 Å². The van der Waals surface area contributed by atoms with E-state index in [2.05, 4.69) is 16.2 Å². The van der Waals surface area contributed by atoms with E-state index in [0.29, 0.717) is 12.2 Å². The van der Waals surface area contributed by atoms with Crippen LogP contribution in [-0.4, -0.2) is 30.4 Å². The number of carbonyl (C=O) groups excluding carboxylic acids is 3. The van der Waals surface area contributed by atoms with E-state index in [4.69, 9.17) is 4.74 Å². The lowest BCUT2D eigenvalue weighted by Gasteiger charge is -2.22. The summed E-state index contributed by atoms with van der Waals surface area (Å²) in [6.45, 7) is 7.24. The van der Waals surface area contributed by atoms with Crippen molar-refractivity contribution in [1.82, 2.24) is 16.2 Å². The molecule has 3 N–H and O–H groups in total. The van der Waals surface area contributed by atoms with Gasteiger partial charge in [0.15, 0.2) is 6.61 Å². The van der Waals surface area contributed by atoms with Gasteiger partial charge in [0.2, 0.25) is 5.91 Å². The second kappa shape index (κ2) is 11.7. The van der Waals surface area contributed by atoms with Crippen molar-refractivity contribution in [2.24, 2.45) is 11.8 Å². The maximum absolute atomic E-state index is 12.4. The van der Waals surface area contributed by atoms with Crippen LogP contribution >= 0.6 is 0 Å². The van der Waals surface area contributed by atoms with Crippen LogP contribution in [-0.2, 0) is 14.4 Å². The fourth-order valence-electron chi connectivity index (χ4n) is 2.98. The number of hydrogen-bond acceptors (Lipinski definition) is 4. The second-order valence-corrected chi connectivity index (χ2v) is 8.08. The number of hydrazine groups is 1. The highest BCUT2D eigenvalue weighted by Gasteiger charge is 2.24. The van der Waals surface area contributed by atoms with Gasteiger partial charge in [-0.1, -0.05) is 76.2 Å². The predicted octanol–water partition coefficient (Wildman–Crippen LogP) is 3.07. The van der Waals surface area contributed by atoms with Gasteiger partial charge in [-0.25, -0.2) is 0 Å². The Morgan fingerprint density at radius 2 is 1.48 bits per heavy atom. The van der Waals surface area contributed by atoms with E-state index >= 15 is 0 Å². The summed E-state index contributed by atoms with van der Waals surface area (Å²) >= 11 is 0. The van der Waals surface area contributed by atoms with Gasteiger partial charge in [-0.05, 0) is 23.5 Å². The molecule has 7 heteroatoms. The molecular weight excluding hydrogens is 394 g/mol. The summed E-state index contributed by atoms with van der Waals surface area (Å²) < 4.78 is 5.67. The Hall–Kier alpha value is -3.35. The van der Waals surface area contributed by atoms with Crippen molar-refractivity contribution in [3.63, 3.8) is 0 Å². The highest BCUT2D eigenvalue weighted by molar-refractivity contribution is 5.89. The average molecular weight is 426 g/mol. The van der Waals surface area contributed by atoms with E-state index in [1.54, 1.807) is 6.07 Å². The zero-order chi connectivity index (χ0) is 22.8. The topological polar surface area (TPSA) is 96.5 Å². The van der Waals surface area contributed by atoms with Gasteiger partial charge < -0.3 is 10.1 Å². The summed E-state index contributed by atoms with van der Waals surface area (Å²) in [6.07, 6.45) is 0.331. The van der Waals surface area contributed by atoms with Crippen LogP contribution in [0, 0.1) is 11.8 Å². The molecule has 0 spiro atoms. The molecule has 0 aliphatic rings. The maximum atomic E-state index is 12.4. The number of hydrogen-bond donors (Lipinski definition) is 3. The minimum Gasteiger partial charge on any atom is -0.483 e. The van der Waals surface area contributed by atoms with Gasteiger partial charge in [0, 0.05) is 12.0 Å². The normalized spacial score (nSPS) is 11.7. The SMILES string of the molecule is CC(C)CC(=O)NC(C(=O)NNC(=O)COc1ccccc1-c1ccccc1)C(C)C. The van der Waals surface area contributed by atoms with Gasteiger partial charge in [-0.15, -0.1) is 0 Å². The van der Waals surface area contributed by atoms with Crippen LogP contribution < -0.4 is 20.9 Å². The van der Waals surface area contributed by atoms with Crippen LogP contribution in [0.25, 0.3) is 11.1 Å². The van der Waals surface area contributed by atoms with Crippen molar-refractivity contribution in [3.8, 4) is 16.9 Å². The van der Waals surface area contributed by atoms with E-state index in [1.165, 1.54) is 0 Å². The predicted molar refractivity (Wildman–Crippen MR) is 120 cm³/mol. The number of benzene rings is 2. The number of nitrogens with one attached hydrogen (secondary N) is 3. The van der Waals surface area contributed by atoms with Crippen molar-refractivity contribution in [1.29, 1.82) is 0 Å². The third-order valence-electron chi connectivity index (χ3n) is 4.52. The average Bonchev–Trinajstić information content (AvgIpc) is 2.74. The van der Waals surface area contributed by atoms with Crippen LogP contribution in [0.15, 0.2) is 54.6 Å². The first-order valence-electron chi connectivity index (χ1n) is 10.4. The summed E-state index contributed by atoms with van der Waals surface area (Å²) in [7, 11) is 0. The fraction of sp³-hybridized carbons (Fsp3) is 0.375. The van der Waals surface area contributed by atoms with Crippen LogP contribution in [0.2, 0.25) is 0 Å². The zero-order valence-electron chi connectivity index (χ0n) is 18.5. The largest absolute Gasteiger partial charge is 0.483 e. The van der Waals surface area contributed by atoms with Gasteiger partial charge in [0.25, 0.3) is 11.8 Å². The minimum absolute atomic E-state index is 0.137. The van der Waals surface area contributed by atoms with Crippen LogP contribution in [0.3, 0.4) is 0 Å². The first-order chi connectivity index (χ1) is 14.8. The molecule has 0 fully saturated rings. The Kier molecular flexibility index (Phi) is 9.06. The van der Waals surface area contributed by atoms with Gasteiger partial charge in [0.05, 0.1) is 0 Å². The molecule has 1 atom stereocenters. The first-order valence-corrected chi connectivity index (χ1v) is 10.4. The first kappa shape index (κ1) is 23.9. The molecule has 0 bridgehead atoms. The number of carbonyl (C=O) groups is 3. The van der Waals surface area contributed by atoms with Gasteiger partial charge in [-0.3, -0.25) is 25.2 Å². The molecule has 2 aromatic carbocycles. The molecule has 3 amide bonds. The molecule has 0 saturated heterocycles. The third kappa shape index (κ3) is 7.77. The molecule has 1 unspecified atom stereocenters. The van der Waals surface area contributed by atoms with E-state index in [-0.39, 0.29) is 24.3 Å². The molecule has 0 aliphatic carbocycles. The Morgan fingerprint density at radius 1 is 0.839 bits per heavy atom. The second-order valence-electron chi connectivity index (χ2n) is 8.08. The molecular formula is C24H31N3O4. The lowest BCUT2D eigenvalue weighted by atomic mass is 10.0. The van der Waals surface area contributed by atoms with Crippen molar-refractivity contribution >= 4 is 17.7 Å². The van der Waals surface area contributed by atoms with E-state index in [9.17, 15) is 14.4 Å². The van der Waals surface area contributed by atoms with E-state index < -0.39 is 17.9 Å². The summed E-state index contributed by atoms with van der Waals surface area (Å²) in [5.74, 6) is -0.571. The smallest absolute Gasteiger partial charge is 0.276 e. The van der Waals surface area contributed by atoms with Crippen molar-refractivity contribution in [3.05, 3.63) is 54.6 Å². The summed E-state index contributed by atoms with van der Waals surface area (Å²) in [4.78, 5) is 36.7. The van der Waals surface area contributed by atoms with E-state index in [1.807, 2.05) is 76.2 Å². The van der Waals surface area contributed by atoms with Crippen LogP contribution in [0.1, 0.15) is 34.1 Å². The summed E-state index contributed by atoms with van der Waals surface area (Å²) in [5, 5.41) is 2.72. The van der Waals surface area contributed by atoms with Crippen LogP contribution in [0.5, 0.6) is 5.75 Å². The van der Waals surface area contributed by atoms with Crippen molar-refractivity contribution in [2.75, 3.05) is 6.61 Å². The van der Waals surface area contributed by atoms with Gasteiger partial charge >= 0.3 is 0 Å². The Morgan fingerprint density at radius 3 is 2.13 bits per heavy atom. The quantitative estimate of drug-likeness (QED) is 0.538. The van der Waals surface area contributed by atoms with Gasteiger partial charge in [-0.2, -0.15) is 0 Å². The molecule has 0 saturated carbocycles. The minimum atomic E-state index is -0.744. The Bertz CT molecular complexity index is 881. The highest BCUT2D eigenvalue weighted by atomic mass is 16.5. The van der Waals surface area contributed by atoms with Crippen molar-refractivity contribution in [2.45, 2.75) is 40.2 Å². The molecule has 166 valence electrons. The molecule has 0 heterocycles. The molecule has 0 aromatic heterocycles. The molecule has 0 aliphatic heterocycles. The van der Waals surface area contributed by atoms with Crippen molar-refractivity contribution < 1.29 is 19.1 Å². The number of rotatable bonds is 9. The molecule has 2 rings (SSSR count). The molecule has 31 heavy (non-hydrogen) atoms. The Labute approximate surface area is 183 Å². The standard InChI is InChI=1S/C24H31N3O4/c1-16(2)14-21(28)25-23(17(3)4)24(30)27-26-22(29)15-31-20-13-9-8-12-19(20)18-10-6-5-7-11-18/h5-13,16-17,23H,14-15H2,1-4H3,(H,25,28)(H,26,29)(H,27,30). The Balaban J connectivity index is 1.89. The molecule has 7 nitrogen and oxygen atoms in total. The van der Waals surface area contributed by atoms with E-state index in [0.717, 1.165) is 11.1 Å². The van der Waals surface area contributed by atoms with Crippen LogP contribution in [0.4, 0.5) is 0 Å². The summed E-state index contributed by atoms with van der Waals surface area (Å²) in [6, 6.07) is 16.4. The third-order valence-corrected chi connectivity index (χ3v) is 4.52. The molecule has 2 aromatic rings. The highest BCUT2D eigenvalue weighted by Crippen LogP contribution is 2.29. The zero-order valence-corrected chi connectivity index (χ0v) is 18.5. The number of amides is 3. The lowest BCUT2D eigenvalue weighted by molar-refractivity contribution is -0.133.